The van der Waals surface area contributed by atoms with Crippen LogP contribution >= 0.6 is 15.9 Å². The highest BCUT2D eigenvalue weighted by Crippen LogP contribution is 2.18. The van der Waals surface area contributed by atoms with Crippen LogP contribution in [0.5, 0.6) is 0 Å². The lowest BCUT2D eigenvalue weighted by Gasteiger charge is -2.15. The van der Waals surface area contributed by atoms with E-state index in [0.717, 1.165) is 4.47 Å². The predicted octanol–water partition coefficient (Wildman–Crippen LogP) is 2.82. The lowest BCUT2D eigenvalue weighted by molar-refractivity contribution is -0.121. The Morgan fingerprint density at radius 1 is 1.55 bits per heavy atom. The van der Waals surface area contributed by atoms with Crippen LogP contribution in [0.4, 0.5) is 4.39 Å². The summed E-state index contributed by atoms with van der Waals surface area (Å²) in [5, 5.41) is 12.1. The van der Waals surface area contributed by atoms with Crippen molar-refractivity contribution in [2.75, 3.05) is 13.2 Å². The van der Waals surface area contributed by atoms with Gasteiger partial charge in [-0.1, -0.05) is 22.0 Å². The number of carbonyl (C=O) groups is 1. The normalized spacial score (nSPS) is 11.9. The van der Waals surface area contributed by atoms with E-state index in [-0.39, 0.29) is 24.2 Å². The molecule has 110 valence electrons. The van der Waals surface area contributed by atoms with Gasteiger partial charge >= 0.3 is 0 Å². The van der Waals surface area contributed by atoms with E-state index in [4.69, 9.17) is 0 Å². The number of halogens is 2. The average molecular weight is 344 g/mol. The molecule has 5 heteroatoms. The Balaban J connectivity index is 2.52. The molecule has 1 aromatic rings. The monoisotopic (exact) mass is 343 g/mol. The maximum atomic E-state index is 13.6. The van der Waals surface area contributed by atoms with E-state index >= 15 is 0 Å². The van der Waals surface area contributed by atoms with Crippen molar-refractivity contribution in [3.63, 3.8) is 0 Å². The topological polar surface area (TPSA) is 49.3 Å². The fourth-order valence-corrected chi connectivity index (χ4v) is 2.20. The van der Waals surface area contributed by atoms with Crippen LogP contribution in [0.3, 0.4) is 0 Å². The first kappa shape index (κ1) is 16.9. The Labute approximate surface area is 127 Å². The Morgan fingerprint density at radius 2 is 2.30 bits per heavy atom. The molecule has 0 bridgehead atoms. The highest BCUT2D eigenvalue weighted by atomic mass is 79.9. The van der Waals surface area contributed by atoms with Crippen molar-refractivity contribution in [1.82, 2.24) is 5.32 Å². The SMILES string of the molecule is C=CCCC(=O)NC[C@@H](CO)Cc1cc(Br)ccc1F. The molecule has 1 rings (SSSR count). The molecule has 3 nitrogen and oxygen atoms in total. The van der Waals surface area contributed by atoms with Gasteiger partial charge in [0.05, 0.1) is 0 Å². The van der Waals surface area contributed by atoms with Gasteiger partial charge in [0, 0.05) is 30.0 Å². The molecule has 20 heavy (non-hydrogen) atoms. The van der Waals surface area contributed by atoms with E-state index in [9.17, 15) is 14.3 Å². The summed E-state index contributed by atoms with van der Waals surface area (Å²) >= 11 is 3.29. The molecule has 1 atom stereocenters. The van der Waals surface area contributed by atoms with Crippen LogP contribution < -0.4 is 5.32 Å². The molecule has 1 amide bonds. The van der Waals surface area contributed by atoms with Crippen molar-refractivity contribution in [3.8, 4) is 0 Å². The zero-order valence-corrected chi connectivity index (χ0v) is 12.8. The molecule has 1 aromatic carbocycles. The van der Waals surface area contributed by atoms with Crippen LogP contribution in [-0.2, 0) is 11.2 Å². The third-order valence-electron chi connectivity index (χ3n) is 2.94. The molecule has 0 saturated heterocycles. The summed E-state index contributed by atoms with van der Waals surface area (Å²) < 4.78 is 14.4. The first-order chi connectivity index (χ1) is 9.56. The zero-order valence-electron chi connectivity index (χ0n) is 11.2. The second-order valence-corrected chi connectivity index (χ2v) is 5.54. The lowest BCUT2D eigenvalue weighted by Crippen LogP contribution is -2.31. The van der Waals surface area contributed by atoms with Crippen molar-refractivity contribution in [3.05, 3.63) is 46.7 Å². The summed E-state index contributed by atoms with van der Waals surface area (Å²) in [5.41, 5.74) is 0.527. The standard InChI is InChI=1S/C15H19BrFNO2/c1-2-3-4-15(20)18-9-11(10-19)7-12-8-13(16)5-6-14(12)17/h2,5-6,8,11,19H,1,3-4,7,9-10H2,(H,18,20)/t11-/m0/s1. The maximum absolute atomic E-state index is 13.6. The number of allylic oxidation sites excluding steroid dienone is 1. The molecule has 2 N–H and O–H groups in total. The fourth-order valence-electron chi connectivity index (χ4n) is 1.79. The molecule has 0 fully saturated rings. The number of amides is 1. The highest BCUT2D eigenvalue weighted by molar-refractivity contribution is 9.10. The van der Waals surface area contributed by atoms with Crippen LogP contribution in [0.25, 0.3) is 0 Å². The fraction of sp³-hybridized carbons (Fsp3) is 0.400. The Bertz CT molecular complexity index is 465. The van der Waals surface area contributed by atoms with Gasteiger partial charge in [-0.15, -0.1) is 6.58 Å². The molecule has 0 unspecified atom stereocenters. The quantitative estimate of drug-likeness (QED) is 0.713. The van der Waals surface area contributed by atoms with E-state index in [1.165, 1.54) is 6.07 Å². The Morgan fingerprint density at radius 3 is 2.95 bits per heavy atom. The van der Waals surface area contributed by atoms with Crippen LogP contribution in [0.15, 0.2) is 35.3 Å². The van der Waals surface area contributed by atoms with Crippen molar-refractivity contribution >= 4 is 21.8 Å². The molecule has 0 aliphatic rings. The second kappa shape index (κ2) is 8.87. The minimum absolute atomic E-state index is 0.0851. The van der Waals surface area contributed by atoms with E-state index in [1.807, 2.05) is 0 Å². The molecular weight excluding hydrogens is 325 g/mol. The highest BCUT2D eigenvalue weighted by Gasteiger charge is 2.13. The van der Waals surface area contributed by atoms with Gasteiger partial charge in [0.2, 0.25) is 5.91 Å². The van der Waals surface area contributed by atoms with E-state index < -0.39 is 0 Å². The van der Waals surface area contributed by atoms with Crippen LogP contribution in [0.2, 0.25) is 0 Å². The Hall–Kier alpha value is -1.20. The van der Waals surface area contributed by atoms with Gasteiger partial charge in [-0.25, -0.2) is 4.39 Å². The van der Waals surface area contributed by atoms with Gasteiger partial charge in [0.15, 0.2) is 0 Å². The molecule has 0 heterocycles. The third-order valence-corrected chi connectivity index (χ3v) is 3.43. The number of carbonyl (C=O) groups excluding carboxylic acids is 1. The molecule has 0 aliphatic carbocycles. The van der Waals surface area contributed by atoms with Gasteiger partial charge < -0.3 is 10.4 Å². The zero-order chi connectivity index (χ0) is 15.0. The molecule has 0 saturated carbocycles. The number of benzene rings is 1. The summed E-state index contributed by atoms with van der Waals surface area (Å²) in [6, 6.07) is 4.71. The van der Waals surface area contributed by atoms with Crippen molar-refractivity contribution in [2.24, 2.45) is 5.92 Å². The summed E-state index contributed by atoms with van der Waals surface area (Å²) in [6.07, 6.45) is 3.06. The van der Waals surface area contributed by atoms with Gasteiger partial charge in [0.25, 0.3) is 0 Å². The van der Waals surface area contributed by atoms with Crippen LogP contribution in [0, 0.1) is 11.7 Å². The summed E-state index contributed by atoms with van der Waals surface area (Å²) in [6.45, 7) is 3.78. The number of hydrogen-bond donors (Lipinski definition) is 2. The molecule has 0 aliphatic heterocycles. The number of rotatable bonds is 8. The van der Waals surface area contributed by atoms with E-state index in [0.29, 0.717) is 31.4 Å². The minimum Gasteiger partial charge on any atom is -0.396 e. The molecule has 0 spiro atoms. The Kier molecular flexibility index (Phi) is 7.47. The van der Waals surface area contributed by atoms with Crippen LogP contribution in [-0.4, -0.2) is 24.2 Å². The summed E-state index contributed by atoms with van der Waals surface area (Å²) in [5.74, 6) is -0.589. The molecular formula is C15H19BrFNO2. The van der Waals surface area contributed by atoms with Crippen molar-refractivity contribution in [2.45, 2.75) is 19.3 Å². The number of aliphatic hydroxyl groups excluding tert-OH is 1. The van der Waals surface area contributed by atoms with E-state index in [2.05, 4.69) is 27.8 Å². The number of nitrogens with one attached hydrogen (secondary N) is 1. The second-order valence-electron chi connectivity index (χ2n) is 4.62. The van der Waals surface area contributed by atoms with Gasteiger partial charge in [-0.05, 0) is 36.6 Å². The van der Waals surface area contributed by atoms with Crippen LogP contribution in [0.1, 0.15) is 18.4 Å². The maximum Gasteiger partial charge on any atom is 0.220 e. The average Bonchev–Trinajstić information content (AvgIpc) is 2.44. The molecule has 0 radical (unpaired) electrons. The summed E-state index contributed by atoms with van der Waals surface area (Å²) in [4.78, 5) is 11.5. The first-order valence-corrected chi connectivity index (χ1v) is 7.28. The first-order valence-electron chi connectivity index (χ1n) is 6.49. The van der Waals surface area contributed by atoms with Gasteiger partial charge in [0.1, 0.15) is 5.82 Å². The summed E-state index contributed by atoms with van der Waals surface area (Å²) in [7, 11) is 0. The van der Waals surface area contributed by atoms with E-state index in [1.54, 1.807) is 18.2 Å². The lowest BCUT2D eigenvalue weighted by atomic mass is 9.99. The smallest absolute Gasteiger partial charge is 0.220 e. The number of hydrogen-bond acceptors (Lipinski definition) is 2. The molecule has 0 aromatic heterocycles. The largest absolute Gasteiger partial charge is 0.396 e. The van der Waals surface area contributed by atoms with Gasteiger partial charge in [-0.3, -0.25) is 4.79 Å². The predicted molar refractivity (Wildman–Crippen MR) is 80.8 cm³/mol. The van der Waals surface area contributed by atoms with Gasteiger partial charge in [-0.2, -0.15) is 0 Å². The van der Waals surface area contributed by atoms with Crippen molar-refractivity contribution < 1.29 is 14.3 Å². The minimum atomic E-state index is -0.301. The van der Waals surface area contributed by atoms with Crippen molar-refractivity contribution in [1.29, 1.82) is 0 Å². The number of aliphatic hydroxyl groups is 1. The third kappa shape index (κ3) is 5.84.